The van der Waals surface area contributed by atoms with Crippen molar-refractivity contribution in [1.29, 1.82) is 0 Å². The SMILES string of the molecule is COc1cc(COCCl)c([N+](=O)[O-])cc1OC. The van der Waals surface area contributed by atoms with E-state index in [1.807, 2.05) is 0 Å². The molecule has 7 heteroatoms. The van der Waals surface area contributed by atoms with Crippen molar-refractivity contribution in [3.8, 4) is 11.5 Å². The lowest BCUT2D eigenvalue weighted by atomic mass is 10.1. The number of benzene rings is 1. The zero-order valence-corrected chi connectivity index (χ0v) is 10.2. The molecule has 17 heavy (non-hydrogen) atoms. The number of alkyl halides is 1. The molecule has 0 N–H and O–H groups in total. The Morgan fingerprint density at radius 1 is 1.29 bits per heavy atom. The van der Waals surface area contributed by atoms with Crippen molar-refractivity contribution in [2.75, 3.05) is 20.3 Å². The Kier molecular flexibility index (Phi) is 4.99. The predicted octanol–water partition coefficient (Wildman–Crippen LogP) is 2.32. The molecule has 0 aliphatic carbocycles. The van der Waals surface area contributed by atoms with Crippen LogP contribution in [0, 0.1) is 10.1 Å². The van der Waals surface area contributed by atoms with E-state index in [9.17, 15) is 10.1 Å². The summed E-state index contributed by atoms with van der Waals surface area (Å²) in [6, 6.07) is 2.76. The topological polar surface area (TPSA) is 70.8 Å². The lowest BCUT2D eigenvalue weighted by molar-refractivity contribution is -0.386. The number of ether oxygens (including phenoxy) is 3. The molecule has 1 aromatic carbocycles. The first-order chi connectivity index (χ1) is 8.13. The molecule has 0 bridgehead atoms. The number of nitro groups is 1. The van der Waals surface area contributed by atoms with Crippen LogP contribution < -0.4 is 9.47 Å². The fraction of sp³-hybridized carbons (Fsp3) is 0.400. The molecule has 0 atom stereocenters. The molecule has 0 saturated heterocycles. The van der Waals surface area contributed by atoms with E-state index in [4.69, 9.17) is 25.8 Å². The maximum atomic E-state index is 10.9. The third-order valence-electron chi connectivity index (χ3n) is 2.12. The van der Waals surface area contributed by atoms with Crippen molar-refractivity contribution >= 4 is 17.3 Å². The monoisotopic (exact) mass is 261 g/mol. The van der Waals surface area contributed by atoms with Gasteiger partial charge in [0.05, 0.1) is 37.4 Å². The van der Waals surface area contributed by atoms with Gasteiger partial charge in [0.2, 0.25) is 0 Å². The maximum absolute atomic E-state index is 10.9. The van der Waals surface area contributed by atoms with Gasteiger partial charge in [-0.2, -0.15) is 0 Å². The Balaban J connectivity index is 3.19. The van der Waals surface area contributed by atoms with Crippen LogP contribution in [0.25, 0.3) is 0 Å². The number of nitro benzene ring substituents is 1. The number of rotatable bonds is 6. The first kappa shape index (κ1) is 13.5. The Morgan fingerprint density at radius 2 is 1.88 bits per heavy atom. The second-order valence-electron chi connectivity index (χ2n) is 3.05. The average molecular weight is 262 g/mol. The minimum Gasteiger partial charge on any atom is -0.493 e. The van der Waals surface area contributed by atoms with Crippen LogP contribution in [0.3, 0.4) is 0 Å². The van der Waals surface area contributed by atoms with E-state index in [0.29, 0.717) is 17.1 Å². The summed E-state index contributed by atoms with van der Waals surface area (Å²) in [6.45, 7) is 0.0418. The van der Waals surface area contributed by atoms with Gasteiger partial charge in [0, 0.05) is 0 Å². The summed E-state index contributed by atoms with van der Waals surface area (Å²) in [5.41, 5.74) is 0.293. The zero-order chi connectivity index (χ0) is 12.8. The lowest BCUT2D eigenvalue weighted by Crippen LogP contribution is -2.01. The van der Waals surface area contributed by atoms with E-state index >= 15 is 0 Å². The molecule has 1 rings (SSSR count). The van der Waals surface area contributed by atoms with Gasteiger partial charge in [-0.25, -0.2) is 0 Å². The molecule has 0 aliphatic rings. The molecule has 1 aromatic rings. The third-order valence-corrected chi connectivity index (χ3v) is 2.27. The molecule has 0 saturated carbocycles. The van der Waals surface area contributed by atoms with Gasteiger partial charge in [0.25, 0.3) is 5.69 Å². The quantitative estimate of drug-likeness (QED) is 0.446. The third kappa shape index (κ3) is 3.21. The van der Waals surface area contributed by atoms with Crippen molar-refractivity contribution in [3.05, 3.63) is 27.8 Å². The Hall–Kier alpha value is -1.53. The van der Waals surface area contributed by atoms with Crippen molar-refractivity contribution in [2.45, 2.75) is 6.61 Å². The number of hydrogen-bond donors (Lipinski definition) is 0. The molecule has 6 nitrogen and oxygen atoms in total. The first-order valence-corrected chi connectivity index (χ1v) is 5.20. The van der Waals surface area contributed by atoms with Crippen LogP contribution in [0.4, 0.5) is 5.69 Å². The minimum absolute atomic E-state index is 0.0362. The van der Waals surface area contributed by atoms with Gasteiger partial charge < -0.3 is 14.2 Å². The Labute approximate surface area is 103 Å². The highest BCUT2D eigenvalue weighted by atomic mass is 35.5. The van der Waals surface area contributed by atoms with Crippen molar-refractivity contribution in [2.24, 2.45) is 0 Å². The molecule has 94 valence electrons. The number of methoxy groups -OCH3 is 2. The molecule has 0 heterocycles. The summed E-state index contributed by atoms with van der Waals surface area (Å²) in [4.78, 5) is 10.4. The van der Waals surface area contributed by atoms with Crippen LogP contribution in [-0.2, 0) is 11.3 Å². The molecule has 0 spiro atoms. The molecular weight excluding hydrogens is 250 g/mol. The highest BCUT2D eigenvalue weighted by molar-refractivity contribution is 6.17. The van der Waals surface area contributed by atoms with E-state index in [1.165, 1.54) is 26.4 Å². The standard InChI is InChI=1S/C10H12ClNO5/c1-15-9-3-7(5-17-6-11)8(12(13)14)4-10(9)16-2/h3-4H,5-6H2,1-2H3. The van der Waals surface area contributed by atoms with E-state index < -0.39 is 4.92 Å². The molecule has 0 amide bonds. The second-order valence-corrected chi connectivity index (χ2v) is 3.27. The van der Waals surface area contributed by atoms with Crippen LogP contribution in [0.15, 0.2) is 12.1 Å². The van der Waals surface area contributed by atoms with Gasteiger partial charge in [0.15, 0.2) is 11.5 Å². The van der Waals surface area contributed by atoms with E-state index in [0.717, 1.165) is 0 Å². The molecule has 0 radical (unpaired) electrons. The molecular formula is C10H12ClNO5. The van der Waals surface area contributed by atoms with Gasteiger partial charge in [-0.15, -0.1) is 0 Å². The summed E-state index contributed by atoms with van der Waals surface area (Å²) in [5, 5.41) is 10.9. The summed E-state index contributed by atoms with van der Waals surface area (Å²) in [7, 11) is 2.87. The molecule has 0 unspecified atom stereocenters. The van der Waals surface area contributed by atoms with Gasteiger partial charge >= 0.3 is 0 Å². The largest absolute Gasteiger partial charge is 0.493 e. The number of halogens is 1. The van der Waals surface area contributed by atoms with Gasteiger partial charge in [-0.1, -0.05) is 11.6 Å². The van der Waals surface area contributed by atoms with Crippen molar-refractivity contribution < 1.29 is 19.1 Å². The van der Waals surface area contributed by atoms with Crippen LogP contribution in [0.5, 0.6) is 11.5 Å². The maximum Gasteiger partial charge on any atom is 0.278 e. The normalized spacial score (nSPS) is 10.1. The molecule has 0 aromatic heterocycles. The fourth-order valence-electron chi connectivity index (χ4n) is 1.34. The van der Waals surface area contributed by atoms with E-state index in [2.05, 4.69) is 0 Å². The van der Waals surface area contributed by atoms with Crippen LogP contribution in [-0.4, -0.2) is 25.2 Å². The highest BCUT2D eigenvalue weighted by Crippen LogP contribution is 2.34. The number of nitrogens with zero attached hydrogens (tertiary/aromatic N) is 1. The smallest absolute Gasteiger partial charge is 0.278 e. The van der Waals surface area contributed by atoms with Gasteiger partial charge in [-0.05, 0) is 6.07 Å². The van der Waals surface area contributed by atoms with Crippen molar-refractivity contribution in [1.82, 2.24) is 0 Å². The zero-order valence-electron chi connectivity index (χ0n) is 9.44. The minimum atomic E-state index is -0.505. The lowest BCUT2D eigenvalue weighted by Gasteiger charge is -2.10. The predicted molar refractivity (Wildman–Crippen MR) is 61.7 cm³/mol. The second kappa shape index (κ2) is 6.27. The van der Waals surface area contributed by atoms with Crippen LogP contribution in [0.2, 0.25) is 0 Å². The summed E-state index contributed by atoms with van der Waals surface area (Å²) in [5.74, 6) is 0.708. The van der Waals surface area contributed by atoms with E-state index in [-0.39, 0.29) is 18.4 Å². The average Bonchev–Trinajstić information content (AvgIpc) is 2.34. The first-order valence-electron chi connectivity index (χ1n) is 4.67. The van der Waals surface area contributed by atoms with Crippen LogP contribution >= 0.6 is 11.6 Å². The molecule has 0 fully saturated rings. The summed E-state index contributed by atoms with van der Waals surface area (Å²) < 4.78 is 15.0. The summed E-state index contributed by atoms with van der Waals surface area (Å²) in [6.07, 6.45) is 0. The Morgan fingerprint density at radius 3 is 2.35 bits per heavy atom. The van der Waals surface area contributed by atoms with Crippen molar-refractivity contribution in [3.63, 3.8) is 0 Å². The van der Waals surface area contributed by atoms with Crippen LogP contribution in [0.1, 0.15) is 5.56 Å². The van der Waals surface area contributed by atoms with E-state index in [1.54, 1.807) is 0 Å². The van der Waals surface area contributed by atoms with Gasteiger partial charge in [-0.3, -0.25) is 10.1 Å². The highest BCUT2D eigenvalue weighted by Gasteiger charge is 2.19. The Bertz CT molecular complexity index is 410. The fourth-order valence-corrected chi connectivity index (χ4v) is 1.42. The van der Waals surface area contributed by atoms with Gasteiger partial charge in [0.1, 0.15) is 6.07 Å². The summed E-state index contributed by atoms with van der Waals surface area (Å²) >= 11 is 5.37. The molecule has 0 aliphatic heterocycles. The number of hydrogen-bond acceptors (Lipinski definition) is 5.